The Bertz CT molecular complexity index is 1840. The number of aliphatic hydroxyl groups excluding tert-OH is 1. The molecule has 248 valence electrons. The van der Waals surface area contributed by atoms with Crippen LogP contribution in [0.3, 0.4) is 0 Å². The summed E-state index contributed by atoms with van der Waals surface area (Å²) >= 11 is 6.89. The largest absolute Gasteiger partial charge is 0.392 e. The minimum Gasteiger partial charge on any atom is -0.392 e. The van der Waals surface area contributed by atoms with Gasteiger partial charge in [0.05, 0.1) is 33.9 Å². The maximum atomic E-state index is 13.5. The van der Waals surface area contributed by atoms with Crippen LogP contribution >= 0.6 is 11.6 Å². The number of imidazole rings is 2. The molecule has 0 spiro atoms. The highest BCUT2D eigenvalue weighted by molar-refractivity contribution is 6.36. The Hall–Kier alpha value is -4.10. The number of halogens is 1. The van der Waals surface area contributed by atoms with E-state index in [4.69, 9.17) is 16.6 Å². The van der Waals surface area contributed by atoms with Crippen molar-refractivity contribution in [2.45, 2.75) is 65.8 Å². The molecule has 3 N–H and O–H groups in total. The highest BCUT2D eigenvalue weighted by Gasteiger charge is 2.28. The van der Waals surface area contributed by atoms with E-state index in [9.17, 15) is 14.7 Å². The first kappa shape index (κ1) is 32.8. The van der Waals surface area contributed by atoms with Gasteiger partial charge >= 0.3 is 0 Å². The highest BCUT2D eigenvalue weighted by Crippen LogP contribution is 2.36. The van der Waals surface area contributed by atoms with Gasteiger partial charge in [-0.3, -0.25) is 24.4 Å². The smallest absolute Gasteiger partial charge is 0.291 e. The number of hydrogen-bond donors (Lipinski definition) is 3. The number of benzene rings is 1. The average Bonchev–Trinajstić information content (AvgIpc) is 3.54. The fourth-order valence-electron chi connectivity index (χ4n) is 6.62. The van der Waals surface area contributed by atoms with E-state index < -0.39 is 6.10 Å². The predicted octanol–water partition coefficient (Wildman–Crippen LogP) is 4.19. The number of rotatable bonds is 8. The van der Waals surface area contributed by atoms with Gasteiger partial charge in [0, 0.05) is 94.5 Å². The van der Waals surface area contributed by atoms with Crippen LogP contribution in [0.2, 0.25) is 5.02 Å². The third-order valence-corrected chi connectivity index (χ3v) is 9.64. The summed E-state index contributed by atoms with van der Waals surface area (Å²) in [4.78, 5) is 45.4. The molecule has 5 heterocycles. The molecule has 6 rings (SSSR count). The lowest BCUT2D eigenvalue weighted by Crippen LogP contribution is -2.36. The van der Waals surface area contributed by atoms with Gasteiger partial charge in [0.1, 0.15) is 0 Å². The molecule has 47 heavy (non-hydrogen) atoms. The number of aromatic nitrogens is 5. The van der Waals surface area contributed by atoms with Crippen LogP contribution < -0.4 is 10.6 Å². The van der Waals surface area contributed by atoms with Crippen LogP contribution in [0, 0.1) is 6.92 Å². The Morgan fingerprint density at radius 2 is 1.53 bits per heavy atom. The Morgan fingerprint density at radius 3 is 2.17 bits per heavy atom. The molecular weight excluding hydrogens is 618 g/mol. The summed E-state index contributed by atoms with van der Waals surface area (Å²) in [5, 5.41) is 16.1. The van der Waals surface area contributed by atoms with Crippen molar-refractivity contribution in [3.05, 3.63) is 75.5 Å². The number of anilines is 2. The summed E-state index contributed by atoms with van der Waals surface area (Å²) in [7, 11) is 3.74. The van der Waals surface area contributed by atoms with Crippen LogP contribution in [0.5, 0.6) is 0 Å². The second-order valence-corrected chi connectivity index (χ2v) is 13.2. The maximum absolute atomic E-state index is 13.5. The van der Waals surface area contributed by atoms with Crippen molar-refractivity contribution in [2.75, 3.05) is 30.3 Å². The number of β-amino-alcohol motifs (C(OH)–C–C–N with tert-alkyl or cyclic N) is 1. The van der Waals surface area contributed by atoms with Crippen LogP contribution in [0.4, 0.5) is 11.4 Å². The normalized spacial score (nSPS) is 15.8. The van der Waals surface area contributed by atoms with Crippen LogP contribution in [0.25, 0.3) is 11.3 Å². The first-order valence-corrected chi connectivity index (χ1v) is 16.4. The first-order chi connectivity index (χ1) is 22.4. The lowest BCUT2D eigenvalue weighted by Gasteiger charge is -2.29. The summed E-state index contributed by atoms with van der Waals surface area (Å²) in [6, 6.07) is 7.61. The number of amides is 2. The van der Waals surface area contributed by atoms with Crippen molar-refractivity contribution in [2.24, 2.45) is 14.1 Å². The zero-order chi connectivity index (χ0) is 33.6. The molecular formula is C34H42ClN9O3. The molecule has 2 amide bonds. The second-order valence-electron chi connectivity index (χ2n) is 12.8. The molecule has 12 nitrogen and oxygen atoms in total. The fraction of sp³-hybridized carbons (Fsp3) is 0.441. The summed E-state index contributed by atoms with van der Waals surface area (Å²) in [5.74, 6) is -0.00452. The van der Waals surface area contributed by atoms with Crippen LogP contribution in [0.1, 0.15) is 70.3 Å². The SMILES string of the molecule is Cc1c(NC(=O)c2nc3c(n2C)CCN(C[C@H](C)O)C3)cccc1-c1nccc(NC(=O)c2nc3c(n2C)CCN(C(C)C)C3)c1Cl. The zero-order valence-corrected chi connectivity index (χ0v) is 28.5. The lowest BCUT2D eigenvalue weighted by molar-refractivity contribution is 0.100. The van der Waals surface area contributed by atoms with Crippen molar-refractivity contribution < 1.29 is 14.7 Å². The van der Waals surface area contributed by atoms with E-state index in [2.05, 4.69) is 44.2 Å². The molecule has 1 aromatic carbocycles. The van der Waals surface area contributed by atoms with Crippen molar-refractivity contribution in [1.82, 2.24) is 33.9 Å². The van der Waals surface area contributed by atoms with Crippen LogP contribution in [-0.4, -0.2) is 82.6 Å². The van der Waals surface area contributed by atoms with E-state index in [-0.39, 0.29) is 16.8 Å². The van der Waals surface area contributed by atoms with Crippen LogP contribution in [0.15, 0.2) is 30.5 Å². The number of aliphatic hydroxyl groups is 1. The average molecular weight is 660 g/mol. The fourth-order valence-corrected chi connectivity index (χ4v) is 6.88. The molecule has 0 saturated carbocycles. The van der Waals surface area contributed by atoms with Gasteiger partial charge in [0.2, 0.25) is 0 Å². The number of fused-ring (bicyclic) bond motifs is 2. The predicted molar refractivity (Wildman–Crippen MR) is 182 cm³/mol. The second kappa shape index (κ2) is 13.2. The van der Waals surface area contributed by atoms with Gasteiger partial charge in [0.25, 0.3) is 11.8 Å². The van der Waals surface area contributed by atoms with Gasteiger partial charge in [-0.2, -0.15) is 0 Å². The van der Waals surface area contributed by atoms with Gasteiger partial charge in [-0.25, -0.2) is 9.97 Å². The van der Waals surface area contributed by atoms with Crippen molar-refractivity contribution in [1.29, 1.82) is 0 Å². The standard InChI is InChI=1S/C34H42ClN9O3/c1-19(2)44-15-12-28-26(18-44)38-32(42(28)6)34(47)40-24-10-13-36-30(29(24)35)22-8-7-9-23(21(22)4)39-33(46)31-37-25-17-43(16-20(3)45)14-11-27(25)41(31)5/h7-10,13,19-20,45H,11-12,14-18H2,1-6H3,(H,39,46)(H,36,40,47)/t20-/m0/s1. The maximum Gasteiger partial charge on any atom is 0.291 e. The third-order valence-electron chi connectivity index (χ3n) is 9.25. The van der Waals surface area contributed by atoms with Gasteiger partial charge in [-0.1, -0.05) is 23.7 Å². The molecule has 2 aliphatic heterocycles. The molecule has 2 aliphatic rings. The topological polar surface area (TPSA) is 133 Å². The summed E-state index contributed by atoms with van der Waals surface area (Å²) in [5.41, 5.74) is 6.88. The van der Waals surface area contributed by atoms with Crippen molar-refractivity contribution in [3.63, 3.8) is 0 Å². The molecule has 1 atom stereocenters. The van der Waals surface area contributed by atoms with E-state index in [1.165, 1.54) is 0 Å². The summed E-state index contributed by atoms with van der Waals surface area (Å²) in [6.07, 6.45) is 2.76. The van der Waals surface area contributed by atoms with E-state index >= 15 is 0 Å². The number of carbonyl (C=O) groups is 2. The molecule has 0 fully saturated rings. The summed E-state index contributed by atoms with van der Waals surface area (Å²) < 4.78 is 3.73. The summed E-state index contributed by atoms with van der Waals surface area (Å²) in [6.45, 7) is 11.6. The van der Waals surface area contributed by atoms with Crippen molar-refractivity contribution >= 4 is 34.8 Å². The van der Waals surface area contributed by atoms with Gasteiger partial charge in [0.15, 0.2) is 11.6 Å². The molecule has 0 radical (unpaired) electrons. The van der Waals surface area contributed by atoms with E-state index in [1.807, 2.05) is 48.4 Å². The molecule has 0 saturated heterocycles. The van der Waals surface area contributed by atoms with E-state index in [0.29, 0.717) is 54.4 Å². The molecule has 0 unspecified atom stereocenters. The van der Waals surface area contributed by atoms with Gasteiger partial charge in [-0.15, -0.1) is 0 Å². The van der Waals surface area contributed by atoms with E-state index in [1.54, 1.807) is 19.2 Å². The monoisotopic (exact) mass is 659 g/mol. The Morgan fingerprint density at radius 1 is 0.915 bits per heavy atom. The molecule has 13 heteroatoms. The highest BCUT2D eigenvalue weighted by atomic mass is 35.5. The number of carbonyl (C=O) groups excluding carboxylic acids is 2. The van der Waals surface area contributed by atoms with Crippen LogP contribution in [-0.2, 0) is 40.0 Å². The van der Waals surface area contributed by atoms with Gasteiger partial charge < -0.3 is 24.9 Å². The van der Waals surface area contributed by atoms with E-state index in [0.717, 1.165) is 59.8 Å². The molecule has 3 aromatic heterocycles. The third kappa shape index (κ3) is 6.42. The first-order valence-electron chi connectivity index (χ1n) is 16.0. The zero-order valence-electron chi connectivity index (χ0n) is 27.8. The Balaban J connectivity index is 1.21. The molecule has 4 aromatic rings. The number of pyridine rings is 1. The quantitative estimate of drug-likeness (QED) is 0.257. The van der Waals surface area contributed by atoms with Crippen molar-refractivity contribution in [3.8, 4) is 11.3 Å². The minimum absolute atomic E-state index is 0.288. The Labute approximate surface area is 279 Å². The molecule has 0 aliphatic carbocycles. The minimum atomic E-state index is -0.430. The Kier molecular flexibility index (Phi) is 9.21. The number of nitrogens with one attached hydrogen (secondary N) is 2. The molecule has 0 bridgehead atoms. The van der Waals surface area contributed by atoms with Gasteiger partial charge in [-0.05, 0) is 45.4 Å². The number of nitrogens with zero attached hydrogens (tertiary/aromatic N) is 7. The number of hydrogen-bond acceptors (Lipinski definition) is 8. The lowest BCUT2D eigenvalue weighted by atomic mass is 10.0.